The van der Waals surface area contributed by atoms with E-state index in [2.05, 4.69) is 15.0 Å². The van der Waals surface area contributed by atoms with Crippen LogP contribution in [-0.2, 0) is 20.8 Å². The highest BCUT2D eigenvalue weighted by Crippen LogP contribution is 2.20. The lowest BCUT2D eigenvalue weighted by atomic mass is 10.1. The molecule has 0 unspecified atom stereocenters. The molecule has 1 N–H and O–H groups in total. The van der Waals surface area contributed by atoms with Crippen molar-refractivity contribution >= 4 is 40.6 Å². The summed E-state index contributed by atoms with van der Waals surface area (Å²) in [5.74, 6) is -1.08. The van der Waals surface area contributed by atoms with Crippen LogP contribution >= 0.6 is 11.8 Å². The van der Waals surface area contributed by atoms with Crippen LogP contribution in [-0.4, -0.2) is 47.0 Å². The van der Waals surface area contributed by atoms with Gasteiger partial charge in [0.25, 0.3) is 5.56 Å². The number of benzene rings is 1. The first-order valence-electron chi connectivity index (χ1n) is 8.99. The number of imide groups is 1. The van der Waals surface area contributed by atoms with Gasteiger partial charge in [0.2, 0.25) is 5.91 Å². The number of nitrogens with one attached hydrogen (secondary N) is 1. The Morgan fingerprint density at radius 2 is 2.00 bits per heavy atom. The van der Waals surface area contributed by atoms with Crippen molar-refractivity contribution in [2.45, 2.75) is 32.5 Å². The van der Waals surface area contributed by atoms with Gasteiger partial charge in [-0.1, -0.05) is 25.6 Å². The molecule has 0 saturated heterocycles. The largest absolute Gasteiger partial charge is 0.465 e. The lowest BCUT2D eigenvalue weighted by molar-refractivity contribution is -0.117. The summed E-state index contributed by atoms with van der Waals surface area (Å²) in [7, 11) is 1.27. The lowest BCUT2D eigenvalue weighted by Crippen LogP contribution is -2.33. The fourth-order valence-electron chi connectivity index (χ4n) is 2.53. The van der Waals surface area contributed by atoms with Crippen molar-refractivity contribution in [2.75, 3.05) is 19.5 Å². The number of fused-ring (bicyclic) bond motifs is 1. The number of methoxy groups -OCH3 is 1. The second-order valence-corrected chi connectivity index (χ2v) is 7.43. The van der Waals surface area contributed by atoms with Crippen LogP contribution in [0.4, 0.5) is 4.79 Å². The van der Waals surface area contributed by atoms with Gasteiger partial charge in [-0.3, -0.25) is 19.5 Å². The van der Waals surface area contributed by atoms with Crippen LogP contribution in [0.15, 0.2) is 28.2 Å². The molecule has 1 heterocycles. The van der Waals surface area contributed by atoms with E-state index in [0.29, 0.717) is 22.6 Å². The van der Waals surface area contributed by atoms with Gasteiger partial charge in [-0.05, 0) is 31.0 Å². The Morgan fingerprint density at radius 1 is 1.28 bits per heavy atom. The van der Waals surface area contributed by atoms with E-state index in [1.807, 2.05) is 13.8 Å². The van der Waals surface area contributed by atoms with Crippen molar-refractivity contribution in [3.8, 4) is 0 Å². The minimum Gasteiger partial charge on any atom is -0.465 e. The second-order valence-electron chi connectivity index (χ2n) is 6.48. The summed E-state index contributed by atoms with van der Waals surface area (Å²) >= 11 is 1.02. The first-order chi connectivity index (χ1) is 13.8. The molecule has 1 aromatic heterocycles. The van der Waals surface area contributed by atoms with E-state index in [1.54, 1.807) is 6.92 Å². The monoisotopic (exact) mass is 421 g/mol. The maximum atomic E-state index is 13.0. The topological polar surface area (TPSA) is 117 Å². The third kappa shape index (κ3) is 5.80. The molecule has 2 rings (SSSR count). The predicted octanol–water partition coefficient (Wildman–Crippen LogP) is 2.20. The number of carbonyl (C=O) groups excluding carboxylic acids is 3. The van der Waals surface area contributed by atoms with Crippen molar-refractivity contribution in [3.63, 3.8) is 0 Å². The first-order valence-corrected chi connectivity index (χ1v) is 9.97. The third-order valence-corrected chi connectivity index (χ3v) is 4.71. The molecule has 0 aliphatic rings. The van der Waals surface area contributed by atoms with Gasteiger partial charge in [-0.2, -0.15) is 0 Å². The quantitative estimate of drug-likeness (QED) is 0.411. The number of esters is 1. The molecule has 0 bridgehead atoms. The summed E-state index contributed by atoms with van der Waals surface area (Å²) in [5, 5.41) is 2.77. The van der Waals surface area contributed by atoms with Crippen LogP contribution in [0, 0.1) is 5.92 Å². The van der Waals surface area contributed by atoms with Crippen LogP contribution in [0.3, 0.4) is 0 Å². The molecule has 0 aliphatic carbocycles. The first kappa shape index (κ1) is 22.4. The Hall–Kier alpha value is -2.88. The number of rotatable bonds is 7. The van der Waals surface area contributed by atoms with E-state index in [-0.39, 0.29) is 29.4 Å². The van der Waals surface area contributed by atoms with Crippen LogP contribution in [0.1, 0.15) is 31.1 Å². The highest BCUT2D eigenvalue weighted by molar-refractivity contribution is 7.99. The second kappa shape index (κ2) is 10.1. The lowest BCUT2D eigenvalue weighted by Gasteiger charge is -2.15. The summed E-state index contributed by atoms with van der Waals surface area (Å²) in [5.41, 5.74) is 0.323. The third-order valence-electron chi connectivity index (χ3n) is 3.74. The number of thioether (sulfide) groups is 1. The number of alkyl carbamates (subject to hydrolysis) is 1. The average molecular weight is 421 g/mol. The average Bonchev–Trinajstić information content (AvgIpc) is 2.67. The Balaban J connectivity index is 2.39. The molecule has 0 atom stereocenters. The SMILES string of the molecule is CCOC(=O)NC(=O)CSc1nc2cc(C(=O)OC)ccc2c(=O)n1CC(C)C. The van der Waals surface area contributed by atoms with Gasteiger partial charge in [0, 0.05) is 6.54 Å². The molecule has 10 heteroatoms. The minimum atomic E-state index is -0.827. The van der Waals surface area contributed by atoms with E-state index in [9.17, 15) is 19.2 Å². The molecule has 2 amide bonds. The highest BCUT2D eigenvalue weighted by Gasteiger charge is 2.17. The molecule has 0 radical (unpaired) electrons. The molecule has 0 fully saturated rings. The maximum Gasteiger partial charge on any atom is 0.413 e. The predicted molar refractivity (Wildman–Crippen MR) is 108 cm³/mol. The van der Waals surface area contributed by atoms with Gasteiger partial charge in [0.1, 0.15) is 0 Å². The van der Waals surface area contributed by atoms with Crippen LogP contribution in [0.25, 0.3) is 10.9 Å². The summed E-state index contributed by atoms with van der Waals surface area (Å²) in [6, 6.07) is 4.53. The van der Waals surface area contributed by atoms with E-state index < -0.39 is 18.0 Å². The van der Waals surface area contributed by atoms with Crippen LogP contribution in [0.2, 0.25) is 0 Å². The molecule has 0 spiro atoms. The number of ether oxygens (including phenoxy) is 2. The van der Waals surface area contributed by atoms with Gasteiger partial charge in [-0.25, -0.2) is 14.6 Å². The standard InChI is InChI=1S/C19H23N3O6S/c1-5-28-19(26)21-15(23)10-29-18-20-14-8-12(17(25)27-4)6-7-13(14)16(24)22(18)9-11(2)3/h6-8,11H,5,9-10H2,1-4H3,(H,21,23,26). The van der Waals surface area contributed by atoms with Crippen LogP contribution in [0.5, 0.6) is 0 Å². The zero-order valence-electron chi connectivity index (χ0n) is 16.7. The summed E-state index contributed by atoms with van der Waals surface area (Å²) < 4.78 is 10.9. The number of hydrogen-bond donors (Lipinski definition) is 1. The Kier molecular flexibility index (Phi) is 7.77. The maximum absolute atomic E-state index is 13.0. The van der Waals surface area contributed by atoms with Gasteiger partial charge in [-0.15, -0.1) is 0 Å². The molecule has 0 aliphatic heterocycles. The molecule has 0 saturated carbocycles. The van der Waals surface area contributed by atoms with Crippen molar-refractivity contribution < 1.29 is 23.9 Å². The van der Waals surface area contributed by atoms with E-state index in [1.165, 1.54) is 29.9 Å². The zero-order valence-corrected chi connectivity index (χ0v) is 17.5. The van der Waals surface area contributed by atoms with Gasteiger partial charge < -0.3 is 9.47 Å². The number of hydrogen-bond acceptors (Lipinski definition) is 8. The van der Waals surface area contributed by atoms with E-state index in [0.717, 1.165) is 11.8 Å². The molecule has 2 aromatic rings. The van der Waals surface area contributed by atoms with Crippen molar-refractivity contribution in [1.29, 1.82) is 0 Å². The Bertz CT molecular complexity index is 986. The fourth-order valence-corrected chi connectivity index (χ4v) is 3.34. The number of amides is 2. The number of nitrogens with zero attached hydrogens (tertiary/aromatic N) is 2. The molecule has 1 aromatic carbocycles. The number of carbonyl (C=O) groups is 3. The summed E-state index contributed by atoms with van der Waals surface area (Å²) in [6.45, 7) is 6.10. The highest BCUT2D eigenvalue weighted by atomic mass is 32.2. The molecule has 29 heavy (non-hydrogen) atoms. The minimum absolute atomic E-state index is 0.133. The van der Waals surface area contributed by atoms with Crippen LogP contribution < -0.4 is 10.9 Å². The molecular formula is C19H23N3O6S. The van der Waals surface area contributed by atoms with Crippen molar-refractivity contribution in [2.24, 2.45) is 5.92 Å². The normalized spacial score (nSPS) is 10.8. The fraction of sp³-hybridized carbons (Fsp3) is 0.421. The van der Waals surface area contributed by atoms with Gasteiger partial charge >= 0.3 is 12.1 Å². The van der Waals surface area contributed by atoms with E-state index in [4.69, 9.17) is 4.74 Å². The van der Waals surface area contributed by atoms with Gasteiger partial charge in [0.05, 0.1) is 35.9 Å². The van der Waals surface area contributed by atoms with Gasteiger partial charge in [0.15, 0.2) is 5.16 Å². The molecular weight excluding hydrogens is 398 g/mol. The molecule has 156 valence electrons. The Labute approximate surface area is 171 Å². The molecule has 9 nitrogen and oxygen atoms in total. The summed E-state index contributed by atoms with van der Waals surface area (Å²) in [6.07, 6.45) is -0.827. The zero-order chi connectivity index (χ0) is 21.6. The smallest absolute Gasteiger partial charge is 0.413 e. The summed E-state index contributed by atoms with van der Waals surface area (Å²) in [4.78, 5) is 52.5. The van der Waals surface area contributed by atoms with Crippen molar-refractivity contribution in [1.82, 2.24) is 14.9 Å². The number of aromatic nitrogens is 2. The van der Waals surface area contributed by atoms with E-state index >= 15 is 0 Å². The van der Waals surface area contributed by atoms with Crippen molar-refractivity contribution in [3.05, 3.63) is 34.1 Å². The Morgan fingerprint density at radius 3 is 2.62 bits per heavy atom.